The van der Waals surface area contributed by atoms with Crippen LogP contribution >= 0.6 is 15.9 Å². The van der Waals surface area contributed by atoms with E-state index in [2.05, 4.69) is 31.1 Å². The summed E-state index contributed by atoms with van der Waals surface area (Å²) in [5, 5.41) is 15.7. The van der Waals surface area contributed by atoms with E-state index >= 15 is 0 Å². The van der Waals surface area contributed by atoms with Crippen LogP contribution in [-0.2, 0) is 9.53 Å². The van der Waals surface area contributed by atoms with E-state index < -0.39 is 35.4 Å². The molecule has 11 nitrogen and oxygen atoms in total. The van der Waals surface area contributed by atoms with E-state index in [1.165, 1.54) is 6.07 Å². The Kier molecular flexibility index (Phi) is 6.97. The van der Waals surface area contributed by atoms with Crippen LogP contribution in [0, 0.1) is 13.8 Å². The molecule has 1 aromatic heterocycles. The molecule has 3 rings (SSSR count). The highest BCUT2D eigenvalue weighted by Crippen LogP contribution is 2.34. The molecule has 33 heavy (non-hydrogen) atoms. The van der Waals surface area contributed by atoms with E-state index in [0.29, 0.717) is 27.1 Å². The van der Waals surface area contributed by atoms with Crippen molar-refractivity contribution in [3.63, 3.8) is 0 Å². The number of aryl methyl sites for hydroxylation is 2. The molecule has 0 fully saturated rings. The SMILES string of the molecule is COC(=O)CNC(=O)c1nn(-c2cc(C)c(Oc3ccc(O)c(Br)c3)c(C)c2)c(=O)[nH]c1=O. The Bertz CT molecular complexity index is 1340. The number of phenols is 1. The zero-order valence-electron chi connectivity index (χ0n) is 17.8. The van der Waals surface area contributed by atoms with Gasteiger partial charge in [-0.15, -0.1) is 0 Å². The molecular formula is C21H19BrN4O7. The number of aromatic nitrogens is 3. The standard InChI is InChI=1S/C21H19BrN4O7/c1-10-6-12(7-11(2)18(10)33-13-4-5-15(27)14(22)8-13)26-21(31)24-20(30)17(25-26)19(29)23-9-16(28)32-3/h4-8,27H,9H2,1-3H3,(H,23,29)(H,24,30,31). The lowest BCUT2D eigenvalue weighted by Gasteiger charge is -2.15. The van der Waals surface area contributed by atoms with Crippen LogP contribution in [0.3, 0.4) is 0 Å². The normalized spacial score (nSPS) is 10.5. The van der Waals surface area contributed by atoms with Crippen molar-refractivity contribution in [2.45, 2.75) is 13.8 Å². The van der Waals surface area contributed by atoms with Gasteiger partial charge in [-0.25, -0.2) is 4.79 Å². The maximum Gasteiger partial charge on any atom is 0.349 e. The molecule has 3 N–H and O–H groups in total. The largest absolute Gasteiger partial charge is 0.507 e. The Morgan fingerprint density at radius 2 is 1.85 bits per heavy atom. The van der Waals surface area contributed by atoms with E-state index in [9.17, 15) is 24.3 Å². The third kappa shape index (κ3) is 5.29. The van der Waals surface area contributed by atoms with Crippen molar-refractivity contribution in [2.24, 2.45) is 0 Å². The molecule has 0 saturated heterocycles. The minimum absolute atomic E-state index is 0.0705. The second-order valence-corrected chi connectivity index (χ2v) is 7.76. The molecule has 0 saturated carbocycles. The molecule has 2 aromatic carbocycles. The van der Waals surface area contributed by atoms with Crippen molar-refractivity contribution < 1.29 is 24.2 Å². The molecule has 0 spiro atoms. The predicted molar refractivity (Wildman–Crippen MR) is 120 cm³/mol. The predicted octanol–water partition coefficient (Wildman–Crippen LogP) is 1.70. The highest BCUT2D eigenvalue weighted by molar-refractivity contribution is 9.10. The van der Waals surface area contributed by atoms with E-state index in [1.54, 1.807) is 38.1 Å². The highest BCUT2D eigenvalue weighted by atomic mass is 79.9. The van der Waals surface area contributed by atoms with Gasteiger partial charge in [0, 0.05) is 0 Å². The number of benzene rings is 2. The third-order valence-corrected chi connectivity index (χ3v) is 5.13. The van der Waals surface area contributed by atoms with Crippen LogP contribution in [-0.4, -0.2) is 45.4 Å². The van der Waals surface area contributed by atoms with Crippen molar-refractivity contribution in [3.8, 4) is 22.9 Å². The van der Waals surface area contributed by atoms with Gasteiger partial charge < -0.3 is 19.9 Å². The lowest BCUT2D eigenvalue weighted by Crippen LogP contribution is -2.40. The van der Waals surface area contributed by atoms with Gasteiger partial charge in [0.1, 0.15) is 23.8 Å². The van der Waals surface area contributed by atoms with Gasteiger partial charge in [-0.3, -0.25) is 19.4 Å². The number of halogens is 1. The molecule has 0 unspecified atom stereocenters. The average molecular weight is 519 g/mol. The molecule has 1 heterocycles. The number of H-pyrrole nitrogens is 1. The van der Waals surface area contributed by atoms with Crippen molar-refractivity contribution in [1.29, 1.82) is 0 Å². The number of aromatic amines is 1. The Hall–Kier alpha value is -3.93. The number of nitrogens with zero attached hydrogens (tertiary/aromatic N) is 2. The number of methoxy groups -OCH3 is 1. The van der Waals surface area contributed by atoms with Crippen LogP contribution in [0.25, 0.3) is 5.69 Å². The van der Waals surface area contributed by atoms with Gasteiger partial charge in [-0.2, -0.15) is 9.78 Å². The van der Waals surface area contributed by atoms with E-state index in [1.807, 2.05) is 4.98 Å². The Morgan fingerprint density at radius 3 is 2.45 bits per heavy atom. The fourth-order valence-electron chi connectivity index (χ4n) is 2.91. The van der Waals surface area contributed by atoms with Crippen LogP contribution in [0.5, 0.6) is 17.2 Å². The zero-order chi connectivity index (χ0) is 24.3. The number of rotatable bonds is 6. The summed E-state index contributed by atoms with van der Waals surface area (Å²) in [5.74, 6) is -0.592. The number of hydrogen-bond donors (Lipinski definition) is 3. The van der Waals surface area contributed by atoms with Crippen LogP contribution in [0.2, 0.25) is 0 Å². The van der Waals surface area contributed by atoms with Gasteiger partial charge >= 0.3 is 11.7 Å². The van der Waals surface area contributed by atoms with Crippen LogP contribution in [0.15, 0.2) is 44.4 Å². The first-order valence-electron chi connectivity index (χ1n) is 9.47. The van der Waals surface area contributed by atoms with Gasteiger partial charge in [0.25, 0.3) is 11.5 Å². The van der Waals surface area contributed by atoms with Crippen molar-refractivity contribution >= 4 is 27.8 Å². The molecule has 0 aliphatic carbocycles. The first-order valence-corrected chi connectivity index (χ1v) is 10.3. The summed E-state index contributed by atoms with van der Waals surface area (Å²) in [6.45, 7) is 3.04. The van der Waals surface area contributed by atoms with E-state index in [-0.39, 0.29) is 11.4 Å². The summed E-state index contributed by atoms with van der Waals surface area (Å²) in [6.07, 6.45) is 0. The molecule has 1 amide bonds. The van der Waals surface area contributed by atoms with Crippen molar-refractivity contribution in [1.82, 2.24) is 20.1 Å². The Morgan fingerprint density at radius 1 is 1.18 bits per heavy atom. The Balaban J connectivity index is 1.97. The third-order valence-electron chi connectivity index (χ3n) is 4.49. The summed E-state index contributed by atoms with van der Waals surface area (Å²) in [4.78, 5) is 50.0. The highest BCUT2D eigenvalue weighted by Gasteiger charge is 2.18. The number of hydrogen-bond acceptors (Lipinski definition) is 8. The number of carbonyl (C=O) groups excluding carboxylic acids is 2. The number of aromatic hydroxyl groups is 1. The summed E-state index contributed by atoms with van der Waals surface area (Å²) in [7, 11) is 1.15. The first kappa shape index (κ1) is 23.7. The molecule has 3 aromatic rings. The number of amides is 1. The number of ether oxygens (including phenoxy) is 2. The van der Waals surface area contributed by atoms with Crippen molar-refractivity contribution in [3.05, 3.63) is 72.5 Å². The number of nitrogens with one attached hydrogen (secondary N) is 2. The van der Waals surface area contributed by atoms with E-state index in [4.69, 9.17) is 4.74 Å². The molecule has 0 radical (unpaired) electrons. The molecule has 0 atom stereocenters. The van der Waals surface area contributed by atoms with Crippen LogP contribution in [0.4, 0.5) is 0 Å². The van der Waals surface area contributed by atoms with Gasteiger partial charge in [-0.05, 0) is 71.2 Å². The minimum atomic E-state index is -0.995. The molecular weight excluding hydrogens is 500 g/mol. The smallest absolute Gasteiger partial charge is 0.349 e. The molecule has 172 valence electrons. The fourth-order valence-corrected chi connectivity index (χ4v) is 3.27. The maximum atomic E-state index is 12.4. The van der Waals surface area contributed by atoms with Gasteiger partial charge in [0.15, 0.2) is 0 Å². The van der Waals surface area contributed by atoms with Gasteiger partial charge in [0.05, 0.1) is 17.3 Å². The topological polar surface area (TPSA) is 153 Å². The average Bonchev–Trinajstić information content (AvgIpc) is 2.76. The summed E-state index contributed by atoms with van der Waals surface area (Å²) < 4.78 is 11.7. The molecule has 12 heteroatoms. The minimum Gasteiger partial charge on any atom is -0.507 e. The Labute approximate surface area is 195 Å². The van der Waals surface area contributed by atoms with Gasteiger partial charge in [0.2, 0.25) is 5.69 Å². The molecule has 0 aliphatic heterocycles. The lowest BCUT2D eigenvalue weighted by atomic mass is 10.1. The van der Waals surface area contributed by atoms with E-state index in [0.717, 1.165) is 11.8 Å². The quantitative estimate of drug-likeness (QED) is 0.416. The van der Waals surface area contributed by atoms with Gasteiger partial charge in [-0.1, -0.05) is 0 Å². The summed E-state index contributed by atoms with van der Waals surface area (Å²) in [6, 6.07) is 7.88. The number of esters is 1. The van der Waals surface area contributed by atoms with Crippen LogP contribution < -0.4 is 21.3 Å². The zero-order valence-corrected chi connectivity index (χ0v) is 19.3. The lowest BCUT2D eigenvalue weighted by molar-refractivity contribution is -0.139. The summed E-state index contributed by atoms with van der Waals surface area (Å²) >= 11 is 3.23. The number of phenolic OH excluding ortho intramolecular Hbond substituents is 1. The van der Waals surface area contributed by atoms with Crippen LogP contribution in [0.1, 0.15) is 21.6 Å². The number of carbonyl (C=O) groups is 2. The second-order valence-electron chi connectivity index (χ2n) is 6.90. The maximum absolute atomic E-state index is 12.4. The monoisotopic (exact) mass is 518 g/mol. The van der Waals surface area contributed by atoms with Crippen molar-refractivity contribution in [2.75, 3.05) is 13.7 Å². The molecule has 0 bridgehead atoms. The fraction of sp³-hybridized carbons (Fsp3) is 0.190. The first-order chi connectivity index (χ1) is 15.6. The molecule has 0 aliphatic rings. The second kappa shape index (κ2) is 9.69. The summed E-state index contributed by atoms with van der Waals surface area (Å²) in [5.41, 5.74) is -0.864.